The van der Waals surface area contributed by atoms with Gasteiger partial charge in [0, 0.05) is 5.02 Å². The summed E-state index contributed by atoms with van der Waals surface area (Å²) in [5, 5.41) is 13.0. The zero-order valence-electron chi connectivity index (χ0n) is 15.5. The second-order valence-electron chi connectivity index (χ2n) is 5.79. The molecule has 1 fully saturated rings. The van der Waals surface area contributed by atoms with Crippen LogP contribution in [-0.4, -0.2) is 24.3 Å². The van der Waals surface area contributed by atoms with E-state index in [1.807, 2.05) is 13.0 Å². The van der Waals surface area contributed by atoms with Gasteiger partial charge in [-0.2, -0.15) is 5.26 Å². The molecule has 2 aromatic rings. The van der Waals surface area contributed by atoms with Gasteiger partial charge in [-0.15, -0.1) is 0 Å². The number of carbonyl (C=O) groups is 1. The van der Waals surface area contributed by atoms with E-state index in [-0.39, 0.29) is 23.3 Å². The summed E-state index contributed by atoms with van der Waals surface area (Å²) in [6.07, 6.45) is 1.66. The number of amidine groups is 1. The molecule has 10 heteroatoms. The van der Waals surface area contributed by atoms with Crippen molar-refractivity contribution in [2.45, 2.75) is 6.92 Å². The first kappa shape index (κ1) is 22.3. The number of ether oxygens (including phenoxy) is 2. The highest BCUT2D eigenvalue weighted by Crippen LogP contribution is 2.38. The number of amides is 1. The van der Waals surface area contributed by atoms with Gasteiger partial charge in [0.25, 0.3) is 5.91 Å². The van der Waals surface area contributed by atoms with E-state index in [4.69, 9.17) is 49.5 Å². The van der Waals surface area contributed by atoms with Crippen molar-refractivity contribution in [2.24, 2.45) is 4.99 Å². The molecule has 1 aliphatic rings. The molecule has 3 rings (SSSR count). The van der Waals surface area contributed by atoms with Gasteiger partial charge in [-0.25, -0.2) is 4.99 Å². The van der Waals surface area contributed by atoms with Crippen molar-refractivity contribution in [1.29, 1.82) is 5.26 Å². The molecule has 6 nitrogen and oxygen atoms in total. The van der Waals surface area contributed by atoms with Crippen molar-refractivity contribution in [3.8, 4) is 17.6 Å². The lowest BCUT2D eigenvalue weighted by molar-refractivity contribution is -0.115. The minimum Gasteiger partial charge on any atom is -0.490 e. The maximum absolute atomic E-state index is 12.4. The van der Waals surface area contributed by atoms with E-state index in [1.54, 1.807) is 36.4 Å². The Labute approximate surface area is 192 Å². The van der Waals surface area contributed by atoms with E-state index >= 15 is 0 Å². The largest absolute Gasteiger partial charge is 0.490 e. The van der Waals surface area contributed by atoms with E-state index in [0.29, 0.717) is 43.7 Å². The van der Waals surface area contributed by atoms with Crippen LogP contribution >= 0.6 is 46.6 Å². The number of carbonyl (C=O) groups excluding carboxylic acids is 1. The normalized spacial score (nSPS) is 15.9. The molecular formula is C20H14Cl3N3O3S. The lowest BCUT2D eigenvalue weighted by Crippen LogP contribution is -2.19. The van der Waals surface area contributed by atoms with Gasteiger partial charge in [0.05, 0.1) is 27.2 Å². The Morgan fingerprint density at radius 2 is 2.00 bits per heavy atom. The summed E-state index contributed by atoms with van der Waals surface area (Å²) in [5.74, 6) is 0.366. The number of nitrogens with zero attached hydrogens (tertiary/aromatic N) is 2. The fourth-order valence-corrected chi connectivity index (χ4v) is 4.05. The summed E-state index contributed by atoms with van der Waals surface area (Å²) in [6, 6.07) is 10.1. The van der Waals surface area contributed by atoms with Crippen LogP contribution in [0.2, 0.25) is 15.1 Å². The van der Waals surface area contributed by atoms with E-state index in [9.17, 15) is 4.79 Å². The van der Waals surface area contributed by atoms with Crippen molar-refractivity contribution in [3.05, 3.63) is 55.9 Å². The molecule has 0 radical (unpaired) electrons. The molecule has 0 aromatic heterocycles. The van der Waals surface area contributed by atoms with Crippen LogP contribution in [-0.2, 0) is 4.79 Å². The van der Waals surface area contributed by atoms with Gasteiger partial charge >= 0.3 is 0 Å². The van der Waals surface area contributed by atoms with Crippen LogP contribution in [0.25, 0.3) is 6.08 Å². The zero-order valence-corrected chi connectivity index (χ0v) is 18.6. The van der Waals surface area contributed by atoms with Crippen molar-refractivity contribution < 1.29 is 14.3 Å². The Morgan fingerprint density at radius 3 is 2.70 bits per heavy atom. The predicted octanol–water partition coefficient (Wildman–Crippen LogP) is 5.84. The first-order valence-corrected chi connectivity index (χ1v) is 10.6. The number of halogens is 3. The van der Waals surface area contributed by atoms with Crippen LogP contribution in [0.3, 0.4) is 0 Å². The fraction of sp³-hybridized carbons (Fsp3) is 0.150. The van der Waals surface area contributed by atoms with E-state index in [2.05, 4.69) is 10.3 Å². The van der Waals surface area contributed by atoms with Crippen molar-refractivity contribution in [3.63, 3.8) is 0 Å². The van der Waals surface area contributed by atoms with Gasteiger partial charge in [-0.05, 0) is 60.7 Å². The van der Waals surface area contributed by atoms with Crippen LogP contribution in [0.4, 0.5) is 5.69 Å². The number of nitriles is 1. The molecule has 1 saturated heterocycles. The Hall–Kier alpha value is -2.37. The molecule has 0 unspecified atom stereocenters. The van der Waals surface area contributed by atoms with E-state index < -0.39 is 0 Å². The monoisotopic (exact) mass is 481 g/mol. The number of thioether (sulfide) groups is 1. The standard InChI is InChI=1S/C20H14Cl3N3O3S/c1-2-28-16-8-11(7-14(23)18(16)29-6-5-24)9-17-19(27)26-20(30-17)25-15-4-3-12(21)10-13(15)22/h3-4,7-10H,2,6H2,1H3,(H,25,26,27)/b17-9+. The lowest BCUT2D eigenvalue weighted by atomic mass is 10.2. The molecule has 30 heavy (non-hydrogen) atoms. The minimum absolute atomic E-state index is 0.161. The van der Waals surface area contributed by atoms with Gasteiger partial charge in [0.15, 0.2) is 23.3 Å². The number of rotatable bonds is 6. The topological polar surface area (TPSA) is 83.7 Å². The third-order valence-corrected chi connectivity index (χ3v) is 5.42. The highest BCUT2D eigenvalue weighted by Gasteiger charge is 2.24. The highest BCUT2D eigenvalue weighted by atomic mass is 35.5. The molecular weight excluding hydrogens is 469 g/mol. The van der Waals surface area contributed by atoms with Gasteiger partial charge in [0.1, 0.15) is 6.07 Å². The Bertz CT molecular complexity index is 1100. The molecule has 0 atom stereocenters. The molecule has 2 aromatic carbocycles. The van der Waals surface area contributed by atoms with Gasteiger partial charge < -0.3 is 14.8 Å². The fourth-order valence-electron chi connectivity index (χ4n) is 2.49. The second-order valence-corrected chi connectivity index (χ2v) is 8.07. The quantitative estimate of drug-likeness (QED) is 0.523. The smallest absolute Gasteiger partial charge is 0.264 e. The number of benzene rings is 2. The van der Waals surface area contributed by atoms with Crippen molar-refractivity contribution in [2.75, 3.05) is 13.2 Å². The SMILES string of the molecule is CCOc1cc(/C=C2/SC(=Nc3ccc(Cl)cc3Cl)NC2=O)cc(Cl)c1OCC#N. The Morgan fingerprint density at radius 1 is 1.20 bits per heavy atom. The van der Waals surface area contributed by atoms with Crippen LogP contribution in [0.5, 0.6) is 11.5 Å². The van der Waals surface area contributed by atoms with Crippen LogP contribution < -0.4 is 14.8 Å². The van der Waals surface area contributed by atoms with E-state index in [1.165, 1.54) is 11.8 Å². The molecule has 1 heterocycles. The summed E-state index contributed by atoms with van der Waals surface area (Å²) in [7, 11) is 0. The third-order valence-electron chi connectivity index (χ3n) is 3.69. The zero-order chi connectivity index (χ0) is 21.7. The number of aliphatic imine (C=N–C) groups is 1. The van der Waals surface area contributed by atoms with Gasteiger partial charge in [0.2, 0.25) is 0 Å². The Balaban J connectivity index is 1.88. The average Bonchev–Trinajstić information content (AvgIpc) is 3.02. The average molecular weight is 483 g/mol. The van der Waals surface area contributed by atoms with Crippen LogP contribution in [0.1, 0.15) is 12.5 Å². The maximum Gasteiger partial charge on any atom is 0.264 e. The third kappa shape index (κ3) is 5.41. The molecule has 1 amide bonds. The summed E-state index contributed by atoms with van der Waals surface area (Å²) >= 11 is 19.5. The molecule has 0 spiro atoms. The highest BCUT2D eigenvalue weighted by molar-refractivity contribution is 8.18. The predicted molar refractivity (Wildman–Crippen MR) is 121 cm³/mol. The first-order chi connectivity index (χ1) is 14.4. The number of hydrogen-bond donors (Lipinski definition) is 1. The number of hydrogen-bond acceptors (Lipinski definition) is 6. The first-order valence-electron chi connectivity index (χ1n) is 8.62. The van der Waals surface area contributed by atoms with Crippen LogP contribution in [0.15, 0.2) is 40.2 Å². The van der Waals surface area contributed by atoms with Crippen LogP contribution in [0, 0.1) is 11.3 Å². The number of nitrogens with one attached hydrogen (secondary N) is 1. The van der Waals surface area contributed by atoms with E-state index in [0.717, 1.165) is 0 Å². The lowest BCUT2D eigenvalue weighted by Gasteiger charge is -2.12. The summed E-state index contributed by atoms with van der Waals surface area (Å²) in [5.41, 5.74) is 1.13. The van der Waals surface area contributed by atoms with Gasteiger partial charge in [-0.3, -0.25) is 4.79 Å². The minimum atomic E-state index is -0.303. The molecule has 0 bridgehead atoms. The van der Waals surface area contributed by atoms with Gasteiger partial charge in [-0.1, -0.05) is 34.8 Å². The maximum atomic E-state index is 12.4. The summed E-state index contributed by atoms with van der Waals surface area (Å²) in [6.45, 7) is 2.04. The summed E-state index contributed by atoms with van der Waals surface area (Å²) in [4.78, 5) is 17.1. The Kier molecular flexibility index (Phi) is 7.51. The molecule has 0 aliphatic carbocycles. The van der Waals surface area contributed by atoms with Crippen molar-refractivity contribution >= 4 is 69.4 Å². The molecule has 1 aliphatic heterocycles. The summed E-state index contributed by atoms with van der Waals surface area (Å²) < 4.78 is 10.9. The molecule has 0 saturated carbocycles. The second kappa shape index (κ2) is 10.1. The van der Waals surface area contributed by atoms with Crippen molar-refractivity contribution in [1.82, 2.24) is 5.32 Å². The molecule has 1 N–H and O–H groups in total. The molecule has 154 valence electrons.